The Bertz CT molecular complexity index is 733. The summed E-state index contributed by atoms with van der Waals surface area (Å²) in [6, 6.07) is 12.9. The molecule has 0 bridgehead atoms. The molecule has 6 nitrogen and oxygen atoms in total. The van der Waals surface area contributed by atoms with Crippen molar-refractivity contribution in [1.29, 1.82) is 0 Å². The minimum atomic E-state index is -0.356. The van der Waals surface area contributed by atoms with E-state index < -0.39 is 0 Å². The van der Waals surface area contributed by atoms with Crippen molar-refractivity contribution in [1.82, 2.24) is 5.32 Å². The van der Waals surface area contributed by atoms with Gasteiger partial charge in [0, 0.05) is 18.4 Å². The summed E-state index contributed by atoms with van der Waals surface area (Å²) in [7, 11) is 1.61. The standard InChI is InChI=1S/C18H20N2O4/c1-23-8-9-24-16-7-6-12(10-13(16)11-21)17-19-15-5-3-2-4-14(15)18(22)20-17/h2-7,10,17,19,21H,8-9,11H2,1H3,(H,20,22). The van der Waals surface area contributed by atoms with Gasteiger partial charge in [0.15, 0.2) is 0 Å². The highest BCUT2D eigenvalue weighted by Crippen LogP contribution is 2.29. The Labute approximate surface area is 140 Å². The largest absolute Gasteiger partial charge is 0.491 e. The summed E-state index contributed by atoms with van der Waals surface area (Å²) in [4.78, 5) is 12.2. The van der Waals surface area contributed by atoms with Crippen LogP contribution in [0, 0.1) is 0 Å². The van der Waals surface area contributed by atoms with Gasteiger partial charge in [-0.1, -0.05) is 18.2 Å². The zero-order chi connectivity index (χ0) is 16.9. The molecule has 24 heavy (non-hydrogen) atoms. The average Bonchev–Trinajstić information content (AvgIpc) is 2.62. The number of ether oxygens (including phenoxy) is 2. The first kappa shape index (κ1) is 16.3. The van der Waals surface area contributed by atoms with Crippen LogP contribution in [0.2, 0.25) is 0 Å². The van der Waals surface area contributed by atoms with Gasteiger partial charge in [0.05, 0.1) is 18.8 Å². The molecule has 0 saturated carbocycles. The summed E-state index contributed by atoms with van der Waals surface area (Å²) in [5, 5.41) is 15.8. The van der Waals surface area contributed by atoms with Gasteiger partial charge < -0.3 is 25.2 Å². The Balaban J connectivity index is 1.81. The van der Waals surface area contributed by atoms with E-state index in [1.54, 1.807) is 19.2 Å². The number of nitrogens with one attached hydrogen (secondary N) is 2. The molecule has 1 amide bonds. The quantitative estimate of drug-likeness (QED) is 0.707. The molecule has 1 aliphatic rings. The van der Waals surface area contributed by atoms with E-state index in [0.717, 1.165) is 11.3 Å². The van der Waals surface area contributed by atoms with Crippen molar-refractivity contribution in [2.45, 2.75) is 12.8 Å². The molecule has 1 atom stereocenters. The summed E-state index contributed by atoms with van der Waals surface area (Å²) in [6.07, 6.45) is -0.356. The van der Waals surface area contributed by atoms with Gasteiger partial charge in [-0.2, -0.15) is 0 Å². The van der Waals surface area contributed by atoms with E-state index in [4.69, 9.17) is 9.47 Å². The third-order valence-electron chi connectivity index (χ3n) is 3.88. The fraction of sp³-hybridized carbons (Fsp3) is 0.278. The molecule has 2 aromatic rings. The van der Waals surface area contributed by atoms with Gasteiger partial charge >= 0.3 is 0 Å². The number of benzene rings is 2. The maximum absolute atomic E-state index is 12.2. The van der Waals surface area contributed by atoms with Gasteiger partial charge in [0.25, 0.3) is 5.91 Å². The van der Waals surface area contributed by atoms with Gasteiger partial charge in [-0.15, -0.1) is 0 Å². The lowest BCUT2D eigenvalue weighted by Crippen LogP contribution is -2.38. The number of methoxy groups -OCH3 is 1. The van der Waals surface area contributed by atoms with E-state index in [-0.39, 0.29) is 18.7 Å². The van der Waals surface area contributed by atoms with Crippen molar-refractivity contribution in [3.8, 4) is 5.75 Å². The van der Waals surface area contributed by atoms with Gasteiger partial charge in [0.2, 0.25) is 0 Å². The number of anilines is 1. The highest BCUT2D eigenvalue weighted by atomic mass is 16.5. The van der Waals surface area contributed by atoms with Crippen LogP contribution in [-0.2, 0) is 11.3 Å². The zero-order valence-electron chi connectivity index (χ0n) is 13.4. The normalized spacial score (nSPS) is 16.1. The van der Waals surface area contributed by atoms with Gasteiger partial charge in [-0.25, -0.2) is 0 Å². The van der Waals surface area contributed by atoms with Crippen LogP contribution in [0.4, 0.5) is 5.69 Å². The molecule has 0 aromatic heterocycles. The number of hydrogen-bond acceptors (Lipinski definition) is 5. The van der Waals surface area contributed by atoms with Crippen LogP contribution in [0.5, 0.6) is 5.75 Å². The predicted octanol–water partition coefficient (Wildman–Crippen LogP) is 2.06. The van der Waals surface area contributed by atoms with E-state index >= 15 is 0 Å². The number of amides is 1. The molecule has 1 unspecified atom stereocenters. The van der Waals surface area contributed by atoms with E-state index in [2.05, 4.69) is 10.6 Å². The lowest BCUT2D eigenvalue weighted by Gasteiger charge is -2.28. The molecule has 126 valence electrons. The minimum Gasteiger partial charge on any atom is -0.491 e. The first-order chi connectivity index (χ1) is 11.7. The number of para-hydroxylation sites is 1. The monoisotopic (exact) mass is 328 g/mol. The Morgan fingerprint density at radius 1 is 1.12 bits per heavy atom. The van der Waals surface area contributed by atoms with Crippen LogP contribution in [0.25, 0.3) is 0 Å². The fourth-order valence-corrected chi connectivity index (χ4v) is 2.65. The van der Waals surface area contributed by atoms with Crippen molar-refractivity contribution in [2.24, 2.45) is 0 Å². The molecule has 3 rings (SSSR count). The number of carbonyl (C=O) groups is 1. The Hall–Kier alpha value is -2.57. The number of rotatable bonds is 6. The average molecular weight is 328 g/mol. The molecular formula is C18H20N2O4. The molecular weight excluding hydrogens is 308 g/mol. The molecule has 0 spiro atoms. The molecule has 0 aliphatic carbocycles. The van der Waals surface area contributed by atoms with Crippen LogP contribution >= 0.6 is 0 Å². The lowest BCUT2D eigenvalue weighted by atomic mass is 10.0. The lowest BCUT2D eigenvalue weighted by molar-refractivity contribution is 0.0935. The van der Waals surface area contributed by atoms with Crippen LogP contribution in [-0.4, -0.2) is 31.3 Å². The van der Waals surface area contributed by atoms with E-state index in [1.165, 1.54) is 0 Å². The van der Waals surface area contributed by atoms with Crippen molar-refractivity contribution >= 4 is 11.6 Å². The van der Waals surface area contributed by atoms with Gasteiger partial charge in [-0.3, -0.25) is 4.79 Å². The van der Waals surface area contributed by atoms with Gasteiger partial charge in [-0.05, 0) is 29.8 Å². The summed E-state index contributed by atoms with van der Waals surface area (Å²) < 4.78 is 10.6. The Kier molecular flexibility index (Phi) is 4.98. The third-order valence-corrected chi connectivity index (χ3v) is 3.88. The smallest absolute Gasteiger partial charge is 0.255 e. The first-order valence-electron chi connectivity index (χ1n) is 7.75. The Morgan fingerprint density at radius 3 is 2.75 bits per heavy atom. The summed E-state index contributed by atoms with van der Waals surface area (Å²) >= 11 is 0. The van der Waals surface area contributed by atoms with Crippen LogP contribution in [0.1, 0.15) is 27.7 Å². The van der Waals surface area contributed by atoms with Crippen molar-refractivity contribution in [3.63, 3.8) is 0 Å². The zero-order valence-corrected chi connectivity index (χ0v) is 13.4. The summed E-state index contributed by atoms with van der Waals surface area (Å²) in [6.45, 7) is 0.742. The van der Waals surface area contributed by atoms with E-state index in [1.807, 2.05) is 30.3 Å². The molecule has 0 saturated heterocycles. The summed E-state index contributed by atoms with van der Waals surface area (Å²) in [5.41, 5.74) is 2.92. The van der Waals surface area contributed by atoms with Crippen molar-refractivity contribution in [2.75, 3.05) is 25.6 Å². The second kappa shape index (κ2) is 7.33. The maximum Gasteiger partial charge on any atom is 0.255 e. The second-order valence-electron chi connectivity index (χ2n) is 5.46. The topological polar surface area (TPSA) is 79.8 Å². The SMILES string of the molecule is COCCOc1ccc(C2NC(=O)c3ccccc3N2)cc1CO. The first-order valence-corrected chi connectivity index (χ1v) is 7.75. The second-order valence-corrected chi connectivity index (χ2v) is 5.46. The minimum absolute atomic E-state index is 0.125. The molecule has 0 radical (unpaired) electrons. The highest BCUT2D eigenvalue weighted by Gasteiger charge is 2.24. The van der Waals surface area contributed by atoms with Crippen molar-refractivity contribution in [3.05, 3.63) is 59.2 Å². The number of fused-ring (bicyclic) bond motifs is 1. The molecule has 1 heterocycles. The van der Waals surface area contributed by atoms with Crippen LogP contribution in [0.3, 0.4) is 0 Å². The molecule has 0 fully saturated rings. The van der Waals surface area contributed by atoms with E-state index in [9.17, 15) is 9.90 Å². The summed E-state index contributed by atoms with van der Waals surface area (Å²) in [5.74, 6) is 0.487. The van der Waals surface area contributed by atoms with E-state index in [0.29, 0.717) is 30.1 Å². The van der Waals surface area contributed by atoms with Crippen LogP contribution < -0.4 is 15.4 Å². The van der Waals surface area contributed by atoms with Gasteiger partial charge in [0.1, 0.15) is 18.5 Å². The molecule has 1 aliphatic heterocycles. The van der Waals surface area contributed by atoms with Crippen molar-refractivity contribution < 1.29 is 19.4 Å². The molecule has 3 N–H and O–H groups in total. The number of hydrogen-bond donors (Lipinski definition) is 3. The molecule has 6 heteroatoms. The number of aliphatic hydroxyl groups is 1. The fourth-order valence-electron chi connectivity index (χ4n) is 2.65. The predicted molar refractivity (Wildman–Crippen MR) is 90.0 cm³/mol. The maximum atomic E-state index is 12.2. The molecule has 2 aromatic carbocycles. The Morgan fingerprint density at radius 2 is 1.96 bits per heavy atom. The number of carbonyl (C=O) groups excluding carboxylic acids is 1. The highest BCUT2D eigenvalue weighted by molar-refractivity contribution is 6.01. The third kappa shape index (κ3) is 3.34. The number of aliphatic hydroxyl groups excluding tert-OH is 1. The van der Waals surface area contributed by atoms with Crippen LogP contribution in [0.15, 0.2) is 42.5 Å².